The fraction of sp³-hybridized carbons (Fsp3) is 0.923. The molecule has 0 aliphatic carbocycles. The van der Waals surface area contributed by atoms with E-state index in [1.54, 1.807) is 0 Å². The first-order valence-electron chi connectivity index (χ1n) is 6.09. The number of carbonyl (C=O) groups is 1. The van der Waals surface area contributed by atoms with Crippen LogP contribution in [-0.4, -0.2) is 11.6 Å². The van der Waals surface area contributed by atoms with Crippen LogP contribution in [0.15, 0.2) is 0 Å². The van der Waals surface area contributed by atoms with E-state index >= 15 is 0 Å². The SMILES string of the molecule is CCCCCCC(C)C(=O)OC(C)(C)C.Cl. The van der Waals surface area contributed by atoms with Crippen molar-refractivity contribution in [2.75, 3.05) is 0 Å². The lowest BCUT2D eigenvalue weighted by molar-refractivity contribution is -0.159. The topological polar surface area (TPSA) is 26.3 Å². The number of hydrogen-bond acceptors (Lipinski definition) is 2. The van der Waals surface area contributed by atoms with Crippen molar-refractivity contribution >= 4 is 18.4 Å². The third-order valence-corrected chi connectivity index (χ3v) is 2.30. The van der Waals surface area contributed by atoms with Gasteiger partial charge in [-0.3, -0.25) is 4.79 Å². The number of esters is 1. The number of carbonyl (C=O) groups excluding carboxylic acids is 1. The molecule has 0 saturated carbocycles. The molecule has 0 aromatic carbocycles. The van der Waals surface area contributed by atoms with Crippen molar-refractivity contribution in [1.82, 2.24) is 0 Å². The second-order valence-corrected chi connectivity index (χ2v) is 5.28. The van der Waals surface area contributed by atoms with E-state index in [9.17, 15) is 4.79 Å². The molecule has 0 rings (SSSR count). The van der Waals surface area contributed by atoms with Crippen LogP contribution in [0.2, 0.25) is 0 Å². The van der Waals surface area contributed by atoms with E-state index in [0.29, 0.717) is 0 Å². The van der Waals surface area contributed by atoms with Gasteiger partial charge >= 0.3 is 5.97 Å². The van der Waals surface area contributed by atoms with Gasteiger partial charge in [-0.1, -0.05) is 39.5 Å². The lowest BCUT2D eigenvalue weighted by atomic mass is 10.0. The van der Waals surface area contributed by atoms with Crippen molar-refractivity contribution in [3.63, 3.8) is 0 Å². The van der Waals surface area contributed by atoms with E-state index in [-0.39, 0.29) is 29.9 Å². The van der Waals surface area contributed by atoms with Gasteiger partial charge in [-0.05, 0) is 27.2 Å². The molecule has 0 N–H and O–H groups in total. The van der Waals surface area contributed by atoms with Gasteiger partial charge in [-0.25, -0.2) is 0 Å². The Bertz CT molecular complexity index is 185. The first-order valence-corrected chi connectivity index (χ1v) is 6.09. The molecule has 98 valence electrons. The van der Waals surface area contributed by atoms with Gasteiger partial charge in [-0.15, -0.1) is 12.4 Å². The van der Waals surface area contributed by atoms with Gasteiger partial charge in [0.25, 0.3) is 0 Å². The van der Waals surface area contributed by atoms with E-state index < -0.39 is 0 Å². The molecule has 0 spiro atoms. The third kappa shape index (κ3) is 10.3. The molecule has 0 saturated heterocycles. The highest BCUT2D eigenvalue weighted by Crippen LogP contribution is 2.16. The molecule has 16 heavy (non-hydrogen) atoms. The zero-order valence-electron chi connectivity index (χ0n) is 11.3. The van der Waals surface area contributed by atoms with Crippen LogP contribution >= 0.6 is 12.4 Å². The van der Waals surface area contributed by atoms with Gasteiger partial charge in [0.05, 0.1) is 5.92 Å². The van der Waals surface area contributed by atoms with Crippen LogP contribution in [-0.2, 0) is 9.53 Å². The molecule has 1 unspecified atom stereocenters. The minimum atomic E-state index is -0.352. The monoisotopic (exact) mass is 250 g/mol. The predicted octanol–water partition coefficient (Wildman–Crippen LogP) is 4.36. The van der Waals surface area contributed by atoms with E-state index in [0.717, 1.165) is 12.8 Å². The smallest absolute Gasteiger partial charge is 0.309 e. The molecule has 0 radical (unpaired) electrons. The molecule has 2 nitrogen and oxygen atoms in total. The summed E-state index contributed by atoms with van der Waals surface area (Å²) in [5.74, 6) is -0.0138. The normalized spacial score (nSPS) is 12.8. The lowest BCUT2D eigenvalue weighted by Crippen LogP contribution is -2.27. The van der Waals surface area contributed by atoms with Crippen molar-refractivity contribution in [2.24, 2.45) is 5.92 Å². The van der Waals surface area contributed by atoms with Crippen molar-refractivity contribution in [2.45, 2.75) is 72.3 Å². The maximum absolute atomic E-state index is 11.6. The summed E-state index contributed by atoms with van der Waals surface area (Å²) in [6.07, 6.45) is 5.81. The van der Waals surface area contributed by atoms with Gasteiger partial charge in [0.1, 0.15) is 5.60 Å². The summed E-state index contributed by atoms with van der Waals surface area (Å²) in [5.41, 5.74) is -0.352. The molecular formula is C13H27ClO2. The minimum absolute atomic E-state index is 0. The summed E-state index contributed by atoms with van der Waals surface area (Å²) in [5, 5.41) is 0. The van der Waals surface area contributed by atoms with Crippen molar-refractivity contribution in [3.8, 4) is 0 Å². The highest BCUT2D eigenvalue weighted by atomic mass is 35.5. The number of halogens is 1. The van der Waals surface area contributed by atoms with Crippen LogP contribution in [0, 0.1) is 5.92 Å². The van der Waals surface area contributed by atoms with Gasteiger partial charge < -0.3 is 4.74 Å². The maximum atomic E-state index is 11.6. The van der Waals surface area contributed by atoms with Gasteiger partial charge in [0, 0.05) is 0 Å². The molecule has 0 heterocycles. The summed E-state index contributed by atoms with van der Waals surface area (Å²) in [6, 6.07) is 0. The third-order valence-electron chi connectivity index (χ3n) is 2.30. The summed E-state index contributed by atoms with van der Waals surface area (Å²) in [6.45, 7) is 9.88. The average molecular weight is 251 g/mol. The fourth-order valence-corrected chi connectivity index (χ4v) is 1.40. The molecule has 0 aromatic heterocycles. The largest absolute Gasteiger partial charge is 0.460 e. The van der Waals surface area contributed by atoms with Gasteiger partial charge in [0.2, 0.25) is 0 Å². The lowest BCUT2D eigenvalue weighted by Gasteiger charge is -2.22. The first kappa shape index (κ1) is 18.1. The van der Waals surface area contributed by atoms with Crippen LogP contribution in [0.3, 0.4) is 0 Å². The van der Waals surface area contributed by atoms with Crippen LogP contribution in [0.4, 0.5) is 0 Å². The Balaban J connectivity index is 0. The molecule has 0 bridgehead atoms. The Morgan fingerprint density at radius 2 is 1.75 bits per heavy atom. The molecule has 0 amide bonds. The maximum Gasteiger partial charge on any atom is 0.309 e. The second kappa shape index (κ2) is 8.86. The Kier molecular flexibility index (Phi) is 10.0. The van der Waals surface area contributed by atoms with E-state index in [1.165, 1.54) is 19.3 Å². The van der Waals surface area contributed by atoms with Crippen LogP contribution in [0.25, 0.3) is 0 Å². The first-order chi connectivity index (χ1) is 6.87. The highest BCUT2D eigenvalue weighted by molar-refractivity contribution is 5.85. The van der Waals surface area contributed by atoms with E-state index in [4.69, 9.17) is 4.74 Å². The molecule has 0 aliphatic rings. The van der Waals surface area contributed by atoms with E-state index in [1.807, 2.05) is 27.7 Å². The quantitative estimate of drug-likeness (QED) is 0.517. The van der Waals surface area contributed by atoms with E-state index in [2.05, 4.69) is 6.92 Å². The van der Waals surface area contributed by atoms with Crippen molar-refractivity contribution in [1.29, 1.82) is 0 Å². The number of hydrogen-bond donors (Lipinski definition) is 0. The molecule has 3 heteroatoms. The number of ether oxygens (including phenoxy) is 1. The van der Waals surface area contributed by atoms with Gasteiger partial charge in [0.15, 0.2) is 0 Å². The highest BCUT2D eigenvalue weighted by Gasteiger charge is 2.20. The van der Waals surface area contributed by atoms with Crippen LogP contribution in [0.1, 0.15) is 66.7 Å². The Morgan fingerprint density at radius 3 is 2.19 bits per heavy atom. The van der Waals surface area contributed by atoms with Crippen molar-refractivity contribution in [3.05, 3.63) is 0 Å². The molecule has 1 atom stereocenters. The fourth-order valence-electron chi connectivity index (χ4n) is 1.40. The molecule has 0 fully saturated rings. The summed E-state index contributed by atoms with van der Waals surface area (Å²) in [7, 11) is 0. The summed E-state index contributed by atoms with van der Waals surface area (Å²) >= 11 is 0. The number of unbranched alkanes of at least 4 members (excludes halogenated alkanes) is 3. The Hall–Kier alpha value is -0.240. The minimum Gasteiger partial charge on any atom is -0.460 e. The van der Waals surface area contributed by atoms with Crippen molar-refractivity contribution < 1.29 is 9.53 Å². The molecule has 0 aromatic rings. The van der Waals surface area contributed by atoms with Crippen LogP contribution < -0.4 is 0 Å². The van der Waals surface area contributed by atoms with Gasteiger partial charge in [-0.2, -0.15) is 0 Å². The Labute approximate surface area is 107 Å². The number of rotatable bonds is 6. The van der Waals surface area contributed by atoms with Crippen LogP contribution in [0.5, 0.6) is 0 Å². The standard InChI is InChI=1S/C13H26O2.ClH/c1-6-7-8-9-10-11(2)12(14)15-13(3,4)5;/h11H,6-10H2,1-5H3;1H. The second-order valence-electron chi connectivity index (χ2n) is 5.28. The zero-order valence-corrected chi connectivity index (χ0v) is 12.2. The Morgan fingerprint density at radius 1 is 1.19 bits per heavy atom. The molecule has 0 aliphatic heterocycles. The average Bonchev–Trinajstić information content (AvgIpc) is 2.09. The predicted molar refractivity (Wildman–Crippen MR) is 71.0 cm³/mol. The summed E-state index contributed by atoms with van der Waals surface area (Å²) < 4.78 is 5.32. The summed E-state index contributed by atoms with van der Waals surface area (Å²) in [4.78, 5) is 11.6. The zero-order chi connectivity index (χ0) is 11.9. The molecular weight excluding hydrogens is 224 g/mol.